The third kappa shape index (κ3) is 3.01. The van der Waals surface area contributed by atoms with E-state index in [0.29, 0.717) is 4.57 Å². The highest BCUT2D eigenvalue weighted by molar-refractivity contribution is 6.09. The first-order valence-electron chi connectivity index (χ1n) is 10.4. The number of halogens is 4. The van der Waals surface area contributed by atoms with Gasteiger partial charge in [-0.3, -0.25) is 24.5 Å². The first-order chi connectivity index (χ1) is 17.0. The number of benzene rings is 2. The van der Waals surface area contributed by atoms with Crippen molar-refractivity contribution < 1.29 is 22.4 Å². The minimum Gasteiger partial charge on any atom is -0.310 e. The second kappa shape index (κ2) is 7.66. The number of carbonyl (C=O) groups is 1. The van der Waals surface area contributed by atoms with Gasteiger partial charge in [-0.1, -0.05) is 18.2 Å². The van der Waals surface area contributed by atoms with E-state index in [1.807, 2.05) is 5.32 Å². The number of para-hydroxylation sites is 1. The molecule has 9 nitrogen and oxygen atoms in total. The van der Waals surface area contributed by atoms with Crippen LogP contribution in [0.15, 0.2) is 69.0 Å². The number of aromatic amines is 2. The van der Waals surface area contributed by atoms with Crippen molar-refractivity contribution >= 4 is 11.7 Å². The van der Waals surface area contributed by atoms with Crippen molar-refractivity contribution in [1.29, 1.82) is 0 Å². The van der Waals surface area contributed by atoms with Gasteiger partial charge in [-0.25, -0.2) is 18.4 Å². The van der Waals surface area contributed by atoms with Gasteiger partial charge < -0.3 is 5.32 Å². The minimum atomic E-state index is -5.49. The number of aromatic nitrogens is 4. The van der Waals surface area contributed by atoms with Crippen molar-refractivity contribution in [3.05, 3.63) is 108 Å². The molecule has 3 heterocycles. The largest absolute Gasteiger partial charge is 0.411 e. The zero-order valence-corrected chi connectivity index (χ0v) is 18.2. The summed E-state index contributed by atoms with van der Waals surface area (Å²) in [6, 6.07) is 11.7. The van der Waals surface area contributed by atoms with Crippen LogP contribution in [0.4, 0.5) is 23.4 Å². The van der Waals surface area contributed by atoms with Gasteiger partial charge in [0.25, 0.3) is 17.0 Å². The van der Waals surface area contributed by atoms with Crippen LogP contribution in [-0.2, 0) is 10.2 Å². The maximum atomic E-state index is 15.0. The molecule has 1 aliphatic rings. The normalized spacial score (nSPS) is 17.2. The lowest BCUT2D eigenvalue weighted by atomic mass is 9.75. The number of nitrogens with zero attached hydrogens (tertiary/aromatic N) is 2. The van der Waals surface area contributed by atoms with Crippen LogP contribution in [0, 0.1) is 12.7 Å². The smallest absolute Gasteiger partial charge is 0.310 e. The maximum absolute atomic E-state index is 15.0. The summed E-state index contributed by atoms with van der Waals surface area (Å²) in [5, 5.41) is 4.53. The molecule has 2 aromatic heterocycles. The molecule has 1 amide bonds. The number of rotatable bonds is 3. The second-order valence-corrected chi connectivity index (χ2v) is 8.08. The summed E-state index contributed by atoms with van der Waals surface area (Å²) in [7, 11) is 0. The number of aryl methyl sites for hydroxylation is 1. The average molecular weight is 501 g/mol. The molecule has 0 fully saturated rings. The molecule has 3 N–H and O–H groups in total. The lowest BCUT2D eigenvalue weighted by Crippen LogP contribution is -2.54. The Labute approximate surface area is 197 Å². The lowest BCUT2D eigenvalue weighted by Gasteiger charge is -2.28. The van der Waals surface area contributed by atoms with Crippen LogP contribution in [0.5, 0.6) is 0 Å². The fourth-order valence-corrected chi connectivity index (χ4v) is 4.55. The molecule has 0 saturated heterocycles. The van der Waals surface area contributed by atoms with E-state index in [1.165, 1.54) is 19.1 Å². The van der Waals surface area contributed by atoms with Gasteiger partial charge in [0.05, 0.1) is 22.5 Å². The van der Waals surface area contributed by atoms with Crippen LogP contribution in [-0.4, -0.2) is 31.4 Å². The highest BCUT2D eigenvalue weighted by Crippen LogP contribution is 2.51. The number of nitrogens with one attached hydrogen (secondary N) is 3. The molecule has 0 unspecified atom stereocenters. The van der Waals surface area contributed by atoms with Gasteiger partial charge in [-0.2, -0.15) is 13.2 Å². The number of carbonyl (C=O) groups excluding carboxylic acids is 1. The average Bonchev–Trinajstić information content (AvgIpc) is 3.28. The van der Waals surface area contributed by atoms with Crippen LogP contribution in [0.1, 0.15) is 16.8 Å². The molecule has 5 rings (SSSR count). The summed E-state index contributed by atoms with van der Waals surface area (Å²) in [6.45, 7) is 1.17. The number of H-pyrrole nitrogens is 2. The van der Waals surface area contributed by atoms with E-state index in [0.717, 1.165) is 28.9 Å². The molecule has 0 radical (unpaired) electrons. The van der Waals surface area contributed by atoms with Gasteiger partial charge >= 0.3 is 11.9 Å². The third-order valence-electron chi connectivity index (χ3n) is 6.03. The SMILES string of the molecule is Cc1[nH]n(-c2ccccc2)c(=O)c1[C@]1(C(F)(F)F)C(=O)Nc2c1c(=O)[nH]c(=O)n2-c1ccc(F)cc1. The van der Waals surface area contributed by atoms with Crippen LogP contribution in [0.25, 0.3) is 11.4 Å². The van der Waals surface area contributed by atoms with E-state index in [1.54, 1.807) is 23.2 Å². The molecule has 0 spiro atoms. The van der Waals surface area contributed by atoms with Gasteiger partial charge in [0.1, 0.15) is 11.6 Å². The number of anilines is 1. The molecular weight excluding hydrogens is 486 g/mol. The Balaban J connectivity index is 1.90. The molecule has 0 bridgehead atoms. The number of hydrogen-bond donors (Lipinski definition) is 3. The predicted molar refractivity (Wildman–Crippen MR) is 119 cm³/mol. The molecular formula is C23H15F4N5O4. The standard InChI is InChI=1S/C23H15F4N5O4/c1-11-15(19(34)32(30-11)14-5-3-2-4-6-14)22(23(25,26)27)16-17(28-20(22)35)31(21(36)29-18(16)33)13-9-7-12(24)8-10-13/h2-10,30H,1H3,(H,28,35)(H,29,33,36)/t22-/m1/s1. The van der Waals surface area contributed by atoms with Crippen molar-refractivity contribution in [2.75, 3.05) is 5.32 Å². The van der Waals surface area contributed by atoms with Crippen LogP contribution >= 0.6 is 0 Å². The molecule has 36 heavy (non-hydrogen) atoms. The summed E-state index contributed by atoms with van der Waals surface area (Å²) in [4.78, 5) is 53.9. The molecule has 0 saturated carbocycles. The number of alkyl halides is 3. The molecule has 0 aliphatic carbocycles. The monoisotopic (exact) mass is 501 g/mol. The quantitative estimate of drug-likeness (QED) is 0.373. The van der Waals surface area contributed by atoms with E-state index < -0.39 is 57.1 Å². The Morgan fingerprint density at radius 3 is 2.11 bits per heavy atom. The predicted octanol–water partition coefficient (Wildman–Crippen LogP) is 2.25. The Bertz CT molecular complexity index is 1700. The third-order valence-corrected chi connectivity index (χ3v) is 6.03. The molecule has 1 aliphatic heterocycles. The zero-order chi connectivity index (χ0) is 26.0. The Morgan fingerprint density at radius 2 is 1.50 bits per heavy atom. The van der Waals surface area contributed by atoms with E-state index in [9.17, 15) is 36.7 Å². The van der Waals surface area contributed by atoms with E-state index in [2.05, 4.69) is 5.10 Å². The van der Waals surface area contributed by atoms with Gasteiger partial charge in [-0.05, 0) is 43.3 Å². The van der Waals surface area contributed by atoms with Crippen molar-refractivity contribution in [2.45, 2.75) is 18.5 Å². The van der Waals surface area contributed by atoms with E-state index in [4.69, 9.17) is 0 Å². The highest BCUT2D eigenvalue weighted by atomic mass is 19.4. The molecule has 4 aromatic rings. The first kappa shape index (κ1) is 23.1. The molecule has 2 aromatic carbocycles. The van der Waals surface area contributed by atoms with Gasteiger partial charge in [0, 0.05) is 5.69 Å². The van der Waals surface area contributed by atoms with Gasteiger partial charge in [0.2, 0.25) is 5.41 Å². The summed E-state index contributed by atoms with van der Waals surface area (Å²) < 4.78 is 59.7. The zero-order valence-electron chi connectivity index (χ0n) is 18.2. The number of hydrogen-bond acceptors (Lipinski definition) is 4. The second-order valence-electron chi connectivity index (χ2n) is 8.08. The fraction of sp³-hybridized carbons (Fsp3) is 0.130. The van der Waals surface area contributed by atoms with E-state index in [-0.39, 0.29) is 17.1 Å². The minimum absolute atomic E-state index is 0.125. The number of fused-ring (bicyclic) bond motifs is 1. The molecule has 1 atom stereocenters. The van der Waals surface area contributed by atoms with Crippen molar-refractivity contribution in [3.8, 4) is 11.4 Å². The Morgan fingerprint density at radius 1 is 0.861 bits per heavy atom. The van der Waals surface area contributed by atoms with Gasteiger partial charge in [0.15, 0.2) is 0 Å². The number of amides is 1. The Hall–Kier alpha value is -4.68. The van der Waals surface area contributed by atoms with Crippen molar-refractivity contribution in [1.82, 2.24) is 19.3 Å². The molecule has 13 heteroatoms. The van der Waals surface area contributed by atoms with Crippen LogP contribution < -0.4 is 22.1 Å². The summed E-state index contributed by atoms with van der Waals surface area (Å²) >= 11 is 0. The van der Waals surface area contributed by atoms with Crippen LogP contribution in [0.3, 0.4) is 0 Å². The first-order valence-corrected chi connectivity index (χ1v) is 10.4. The Kier molecular flexibility index (Phi) is 4.91. The van der Waals surface area contributed by atoms with Crippen LogP contribution in [0.2, 0.25) is 0 Å². The maximum Gasteiger partial charge on any atom is 0.411 e. The topological polar surface area (TPSA) is 122 Å². The van der Waals surface area contributed by atoms with Gasteiger partial charge in [-0.15, -0.1) is 0 Å². The van der Waals surface area contributed by atoms with E-state index >= 15 is 0 Å². The molecule has 184 valence electrons. The lowest BCUT2D eigenvalue weighted by molar-refractivity contribution is -0.181. The summed E-state index contributed by atoms with van der Waals surface area (Å²) in [6.07, 6.45) is -5.49. The summed E-state index contributed by atoms with van der Waals surface area (Å²) in [5.74, 6) is -3.20. The van der Waals surface area contributed by atoms with Crippen molar-refractivity contribution in [2.24, 2.45) is 0 Å². The summed E-state index contributed by atoms with van der Waals surface area (Å²) in [5.41, 5.74) is -10.1. The highest BCUT2D eigenvalue weighted by Gasteiger charge is 2.70. The van der Waals surface area contributed by atoms with Crippen molar-refractivity contribution in [3.63, 3.8) is 0 Å². The fourth-order valence-electron chi connectivity index (χ4n) is 4.55.